The molecule has 0 bridgehead atoms. The summed E-state index contributed by atoms with van der Waals surface area (Å²) in [5.74, 6) is 0.797. The van der Waals surface area contributed by atoms with Crippen molar-refractivity contribution in [3.8, 4) is 11.5 Å². The molecule has 0 saturated carbocycles. The zero-order chi connectivity index (χ0) is 24.0. The molecule has 1 saturated heterocycles. The largest absolute Gasteiger partial charge is 0.493 e. The Morgan fingerprint density at radius 2 is 1.82 bits per heavy atom. The van der Waals surface area contributed by atoms with Crippen molar-refractivity contribution in [1.29, 1.82) is 0 Å². The molecule has 1 aliphatic rings. The summed E-state index contributed by atoms with van der Waals surface area (Å²) >= 11 is 0. The zero-order valence-corrected chi connectivity index (χ0v) is 19.8. The molecule has 2 aromatic rings. The summed E-state index contributed by atoms with van der Waals surface area (Å²) in [6.07, 6.45) is 3.15. The molecule has 0 N–H and O–H groups in total. The highest BCUT2D eigenvalue weighted by atomic mass is 32.2. The Kier molecular flexibility index (Phi) is 8.10. The maximum atomic E-state index is 13.4. The Morgan fingerprint density at radius 1 is 1.09 bits per heavy atom. The van der Waals surface area contributed by atoms with E-state index < -0.39 is 15.8 Å². The van der Waals surface area contributed by atoms with Crippen LogP contribution >= 0.6 is 0 Å². The maximum absolute atomic E-state index is 13.4. The second kappa shape index (κ2) is 10.8. The third kappa shape index (κ3) is 6.33. The Labute approximate surface area is 194 Å². The summed E-state index contributed by atoms with van der Waals surface area (Å²) in [7, 11) is -2.24. The van der Waals surface area contributed by atoms with Crippen molar-refractivity contribution in [2.45, 2.75) is 18.7 Å². The second-order valence-electron chi connectivity index (χ2n) is 8.14. The Morgan fingerprint density at radius 3 is 2.45 bits per heavy atom. The predicted octanol–water partition coefficient (Wildman–Crippen LogP) is 3.42. The van der Waals surface area contributed by atoms with Crippen LogP contribution in [0.4, 0.5) is 4.39 Å². The number of sulfonamides is 1. The normalized spacial score (nSPS) is 15.2. The lowest BCUT2D eigenvalue weighted by Gasteiger charge is -2.33. The average molecular weight is 477 g/mol. The van der Waals surface area contributed by atoms with Crippen LogP contribution in [0, 0.1) is 11.7 Å². The Hall–Kier alpha value is -2.91. The maximum Gasteiger partial charge on any atom is 0.246 e. The van der Waals surface area contributed by atoms with Gasteiger partial charge in [-0.05, 0) is 47.9 Å². The molecule has 3 rings (SSSR count). The van der Waals surface area contributed by atoms with E-state index >= 15 is 0 Å². The molecule has 0 atom stereocenters. The number of ether oxygens (including phenoxy) is 2. The number of halogens is 1. The van der Waals surface area contributed by atoms with Crippen LogP contribution in [0.1, 0.15) is 19.4 Å². The summed E-state index contributed by atoms with van der Waals surface area (Å²) in [6.45, 7) is 5.50. The third-order valence-corrected chi connectivity index (χ3v) is 7.06. The monoisotopic (exact) mass is 476 g/mol. The van der Waals surface area contributed by atoms with E-state index in [1.54, 1.807) is 30.2 Å². The van der Waals surface area contributed by atoms with Crippen molar-refractivity contribution in [3.63, 3.8) is 0 Å². The SMILES string of the molecule is COc1cc(/C=C/C(=O)N2CCN(S(=O)(=O)c3cccc(F)c3)CC2)ccc1OCC(C)C. The van der Waals surface area contributed by atoms with E-state index in [0.717, 1.165) is 11.6 Å². The second-order valence-corrected chi connectivity index (χ2v) is 10.1. The minimum absolute atomic E-state index is 0.0862. The fourth-order valence-corrected chi connectivity index (χ4v) is 4.82. The summed E-state index contributed by atoms with van der Waals surface area (Å²) in [5.41, 5.74) is 0.782. The topological polar surface area (TPSA) is 76.2 Å². The number of hydrogen-bond donors (Lipinski definition) is 0. The molecule has 9 heteroatoms. The molecule has 2 aromatic carbocycles. The molecule has 1 amide bonds. The number of rotatable bonds is 8. The van der Waals surface area contributed by atoms with Crippen molar-refractivity contribution in [1.82, 2.24) is 9.21 Å². The molecular weight excluding hydrogens is 447 g/mol. The third-order valence-electron chi connectivity index (χ3n) is 5.16. The molecule has 0 aliphatic carbocycles. The van der Waals surface area contributed by atoms with Crippen molar-refractivity contribution in [3.05, 3.63) is 59.9 Å². The molecule has 0 spiro atoms. The number of methoxy groups -OCH3 is 1. The van der Waals surface area contributed by atoms with Gasteiger partial charge in [0.15, 0.2) is 11.5 Å². The van der Waals surface area contributed by atoms with Crippen molar-refractivity contribution < 1.29 is 27.1 Å². The number of piperazine rings is 1. The van der Waals surface area contributed by atoms with Crippen LogP contribution in [0.3, 0.4) is 0 Å². The lowest BCUT2D eigenvalue weighted by molar-refractivity contribution is -0.127. The molecule has 178 valence electrons. The number of nitrogens with zero attached hydrogens (tertiary/aromatic N) is 2. The van der Waals surface area contributed by atoms with Gasteiger partial charge in [0.2, 0.25) is 15.9 Å². The molecule has 7 nitrogen and oxygen atoms in total. The average Bonchev–Trinajstić information content (AvgIpc) is 2.81. The van der Waals surface area contributed by atoms with Crippen molar-refractivity contribution >= 4 is 22.0 Å². The van der Waals surface area contributed by atoms with E-state index in [1.807, 2.05) is 6.07 Å². The fourth-order valence-electron chi connectivity index (χ4n) is 3.36. The first kappa shape index (κ1) is 24.7. The summed E-state index contributed by atoms with van der Waals surface area (Å²) in [6, 6.07) is 10.4. The zero-order valence-electron chi connectivity index (χ0n) is 19.0. The van der Waals surface area contributed by atoms with E-state index in [2.05, 4.69) is 13.8 Å². The van der Waals surface area contributed by atoms with Crippen LogP contribution in [0.25, 0.3) is 6.08 Å². The molecule has 0 radical (unpaired) electrons. The minimum Gasteiger partial charge on any atom is -0.493 e. The number of hydrogen-bond acceptors (Lipinski definition) is 5. The van der Waals surface area contributed by atoms with Crippen LogP contribution in [0.15, 0.2) is 53.4 Å². The van der Waals surface area contributed by atoms with E-state index in [0.29, 0.717) is 24.0 Å². The number of carbonyl (C=O) groups excluding carboxylic acids is 1. The van der Waals surface area contributed by atoms with Crippen LogP contribution in [0.2, 0.25) is 0 Å². The molecular formula is C24H29FN2O5S. The first-order chi connectivity index (χ1) is 15.7. The molecule has 33 heavy (non-hydrogen) atoms. The van der Waals surface area contributed by atoms with Gasteiger partial charge in [0.05, 0.1) is 18.6 Å². The van der Waals surface area contributed by atoms with Gasteiger partial charge in [0.1, 0.15) is 5.82 Å². The first-order valence-electron chi connectivity index (χ1n) is 10.7. The summed E-state index contributed by atoms with van der Waals surface area (Å²) < 4.78 is 51.3. The van der Waals surface area contributed by atoms with Gasteiger partial charge in [-0.15, -0.1) is 0 Å². The number of amides is 1. The standard InChI is InChI=1S/C24H29FN2O5S/c1-18(2)17-32-22-9-7-19(15-23(22)31-3)8-10-24(28)26-11-13-27(14-12-26)33(29,30)21-6-4-5-20(25)16-21/h4-10,15-16,18H,11-14,17H2,1-3H3/b10-8+. The van der Waals surface area contributed by atoms with Gasteiger partial charge in [-0.25, -0.2) is 12.8 Å². The van der Waals surface area contributed by atoms with Gasteiger partial charge in [-0.2, -0.15) is 4.31 Å². The minimum atomic E-state index is -3.80. The first-order valence-corrected chi connectivity index (χ1v) is 12.2. The van der Waals surface area contributed by atoms with E-state index in [-0.39, 0.29) is 37.0 Å². The molecule has 0 aromatic heterocycles. The summed E-state index contributed by atoms with van der Waals surface area (Å²) in [4.78, 5) is 14.1. The number of carbonyl (C=O) groups is 1. The van der Waals surface area contributed by atoms with Crippen molar-refractivity contribution in [2.24, 2.45) is 5.92 Å². The fraction of sp³-hybridized carbons (Fsp3) is 0.375. The molecule has 1 heterocycles. The molecule has 1 fully saturated rings. The summed E-state index contributed by atoms with van der Waals surface area (Å²) in [5, 5.41) is 0. The molecule has 0 unspecified atom stereocenters. The lowest BCUT2D eigenvalue weighted by atomic mass is 10.1. The van der Waals surface area contributed by atoms with Gasteiger partial charge in [-0.1, -0.05) is 26.0 Å². The van der Waals surface area contributed by atoms with E-state index in [1.165, 1.54) is 28.6 Å². The van der Waals surface area contributed by atoms with Gasteiger partial charge in [-0.3, -0.25) is 4.79 Å². The highest BCUT2D eigenvalue weighted by Gasteiger charge is 2.29. The van der Waals surface area contributed by atoms with Gasteiger partial charge in [0, 0.05) is 32.3 Å². The highest BCUT2D eigenvalue weighted by molar-refractivity contribution is 7.89. The highest BCUT2D eigenvalue weighted by Crippen LogP contribution is 2.29. The van der Waals surface area contributed by atoms with Crippen LogP contribution < -0.4 is 9.47 Å². The Balaban J connectivity index is 1.60. The molecule has 1 aliphatic heterocycles. The lowest BCUT2D eigenvalue weighted by Crippen LogP contribution is -2.50. The quantitative estimate of drug-likeness (QED) is 0.546. The van der Waals surface area contributed by atoms with E-state index in [4.69, 9.17) is 9.47 Å². The van der Waals surface area contributed by atoms with Crippen LogP contribution in [0.5, 0.6) is 11.5 Å². The smallest absolute Gasteiger partial charge is 0.246 e. The van der Waals surface area contributed by atoms with Crippen LogP contribution in [-0.2, 0) is 14.8 Å². The number of benzene rings is 2. The predicted molar refractivity (Wildman–Crippen MR) is 124 cm³/mol. The van der Waals surface area contributed by atoms with Crippen LogP contribution in [-0.4, -0.2) is 63.4 Å². The van der Waals surface area contributed by atoms with E-state index in [9.17, 15) is 17.6 Å². The van der Waals surface area contributed by atoms with Gasteiger partial charge in [0.25, 0.3) is 0 Å². The van der Waals surface area contributed by atoms with Gasteiger partial charge >= 0.3 is 0 Å². The van der Waals surface area contributed by atoms with Crippen molar-refractivity contribution in [2.75, 3.05) is 39.9 Å². The van der Waals surface area contributed by atoms with Gasteiger partial charge < -0.3 is 14.4 Å². The Bertz CT molecular complexity index is 1110.